The van der Waals surface area contributed by atoms with Crippen molar-refractivity contribution in [3.05, 3.63) is 70.0 Å². The number of anilines is 1. The molecule has 1 N–H and O–H groups in total. The number of aryl methyl sites for hydroxylation is 1. The number of benzene rings is 2. The number of ether oxygens (including phenoxy) is 1. The molecule has 31 heavy (non-hydrogen) atoms. The van der Waals surface area contributed by atoms with Crippen LogP contribution in [0.2, 0.25) is 0 Å². The maximum absolute atomic E-state index is 12.8. The fraction of sp³-hybridized carbons (Fsp3) is 0.217. The van der Waals surface area contributed by atoms with Crippen LogP contribution in [0.25, 0.3) is 21.5 Å². The first-order valence-corrected chi connectivity index (χ1v) is 10.8. The van der Waals surface area contributed by atoms with Crippen molar-refractivity contribution in [1.82, 2.24) is 14.8 Å². The van der Waals surface area contributed by atoms with Gasteiger partial charge in [-0.2, -0.15) is 5.10 Å². The number of carbonyl (C=O) groups excluding carboxylic acids is 1. The van der Waals surface area contributed by atoms with E-state index in [1.54, 1.807) is 24.3 Å². The van der Waals surface area contributed by atoms with Gasteiger partial charge in [0.15, 0.2) is 0 Å². The van der Waals surface area contributed by atoms with Crippen LogP contribution in [0.15, 0.2) is 59.4 Å². The van der Waals surface area contributed by atoms with Crippen molar-refractivity contribution in [2.75, 3.05) is 11.9 Å². The summed E-state index contributed by atoms with van der Waals surface area (Å²) >= 11 is 1.60. The molecule has 0 bridgehead atoms. The first-order chi connectivity index (χ1) is 14.9. The number of fused-ring (bicyclic) bond motifs is 1. The number of hydrogen-bond donors (Lipinski definition) is 1. The maximum Gasteiger partial charge on any atom is 0.267 e. The molecule has 1 unspecified atom stereocenters. The summed E-state index contributed by atoms with van der Waals surface area (Å²) in [6.07, 6.45) is 0. The summed E-state index contributed by atoms with van der Waals surface area (Å²) in [5.41, 5.74) is 2.55. The summed E-state index contributed by atoms with van der Waals surface area (Å²) in [4.78, 5) is 29.7. The number of hydrogen-bond acceptors (Lipinski definition) is 6. The lowest BCUT2D eigenvalue weighted by atomic mass is 10.1. The molecule has 0 fully saturated rings. The highest BCUT2D eigenvalue weighted by Gasteiger charge is 2.19. The second-order valence-corrected chi connectivity index (χ2v) is 8.27. The summed E-state index contributed by atoms with van der Waals surface area (Å²) in [5.74, 6) is 0.435. The summed E-state index contributed by atoms with van der Waals surface area (Å²) in [7, 11) is 0. The van der Waals surface area contributed by atoms with Crippen molar-refractivity contribution >= 4 is 33.1 Å². The standard InChI is InChI=1S/C23H22N4O3S/c1-4-30-18-8-5-16(6-9-18)19-10-12-22(28)27(26-19)14(2)23(29)25-17-7-11-21-20(13-17)24-15(3)31-21/h5-14H,4H2,1-3H3,(H,25,29). The van der Waals surface area contributed by atoms with Crippen molar-refractivity contribution in [1.29, 1.82) is 0 Å². The summed E-state index contributed by atoms with van der Waals surface area (Å²) in [6, 6.07) is 15.3. The molecule has 4 aromatic rings. The SMILES string of the molecule is CCOc1ccc(-c2ccc(=O)n(C(C)C(=O)Nc3ccc4sc(C)nc4c3)n2)cc1. The maximum atomic E-state index is 12.8. The van der Waals surface area contributed by atoms with E-state index in [-0.39, 0.29) is 11.5 Å². The van der Waals surface area contributed by atoms with Gasteiger partial charge in [-0.25, -0.2) is 9.67 Å². The summed E-state index contributed by atoms with van der Waals surface area (Å²) < 4.78 is 7.72. The minimum atomic E-state index is -0.789. The first kappa shape index (κ1) is 20.7. The van der Waals surface area contributed by atoms with Crippen molar-refractivity contribution in [2.24, 2.45) is 0 Å². The van der Waals surface area contributed by atoms with E-state index < -0.39 is 6.04 Å². The smallest absolute Gasteiger partial charge is 0.267 e. The molecule has 0 saturated heterocycles. The number of carbonyl (C=O) groups is 1. The summed E-state index contributed by atoms with van der Waals surface area (Å²) in [6.45, 7) is 6.11. The number of nitrogens with zero attached hydrogens (tertiary/aromatic N) is 3. The number of rotatable bonds is 6. The number of aromatic nitrogens is 3. The molecule has 0 saturated carbocycles. The zero-order valence-corrected chi connectivity index (χ0v) is 18.3. The van der Waals surface area contributed by atoms with Gasteiger partial charge in [0.25, 0.3) is 5.56 Å². The Balaban J connectivity index is 1.56. The van der Waals surface area contributed by atoms with Crippen molar-refractivity contribution in [3.63, 3.8) is 0 Å². The van der Waals surface area contributed by atoms with Crippen LogP contribution in [-0.4, -0.2) is 27.3 Å². The Morgan fingerprint density at radius 3 is 2.68 bits per heavy atom. The van der Waals surface area contributed by atoms with Crippen LogP contribution in [0.1, 0.15) is 24.9 Å². The topological polar surface area (TPSA) is 86.1 Å². The Bertz CT molecular complexity index is 1290. The van der Waals surface area contributed by atoms with Gasteiger partial charge in [0.1, 0.15) is 11.8 Å². The molecule has 1 atom stereocenters. The lowest BCUT2D eigenvalue weighted by Crippen LogP contribution is -2.33. The van der Waals surface area contributed by atoms with Gasteiger partial charge >= 0.3 is 0 Å². The lowest BCUT2D eigenvalue weighted by molar-refractivity contribution is -0.119. The molecule has 0 aliphatic carbocycles. The van der Waals surface area contributed by atoms with Gasteiger partial charge in [-0.3, -0.25) is 9.59 Å². The van der Waals surface area contributed by atoms with Crippen LogP contribution in [0.5, 0.6) is 5.75 Å². The van der Waals surface area contributed by atoms with Crippen LogP contribution < -0.4 is 15.6 Å². The number of thiazole rings is 1. The molecule has 158 valence electrons. The lowest BCUT2D eigenvalue weighted by Gasteiger charge is -2.15. The molecule has 1 amide bonds. The largest absolute Gasteiger partial charge is 0.494 e. The van der Waals surface area contributed by atoms with E-state index in [0.29, 0.717) is 18.0 Å². The van der Waals surface area contributed by atoms with E-state index >= 15 is 0 Å². The monoisotopic (exact) mass is 434 g/mol. The van der Waals surface area contributed by atoms with Gasteiger partial charge < -0.3 is 10.1 Å². The third-order valence-electron chi connectivity index (χ3n) is 4.79. The Hall–Kier alpha value is -3.52. The van der Waals surface area contributed by atoms with Crippen LogP contribution in [-0.2, 0) is 4.79 Å². The van der Waals surface area contributed by atoms with Gasteiger partial charge in [0, 0.05) is 17.3 Å². The first-order valence-electron chi connectivity index (χ1n) is 9.96. The van der Waals surface area contributed by atoms with Crippen LogP contribution in [0, 0.1) is 6.92 Å². The average molecular weight is 435 g/mol. The molecular formula is C23H22N4O3S. The molecular weight excluding hydrogens is 412 g/mol. The second kappa shape index (κ2) is 8.69. The van der Waals surface area contributed by atoms with Crippen molar-refractivity contribution in [2.45, 2.75) is 26.8 Å². The molecule has 8 heteroatoms. The highest BCUT2D eigenvalue weighted by Crippen LogP contribution is 2.25. The Kier molecular flexibility index (Phi) is 5.81. The third-order valence-corrected chi connectivity index (χ3v) is 5.75. The Morgan fingerprint density at radius 1 is 1.16 bits per heavy atom. The fourth-order valence-corrected chi connectivity index (χ4v) is 4.03. The predicted molar refractivity (Wildman–Crippen MR) is 123 cm³/mol. The quantitative estimate of drug-likeness (QED) is 0.485. The molecule has 0 aliphatic rings. The van der Waals surface area contributed by atoms with Gasteiger partial charge in [0.2, 0.25) is 5.91 Å². The van der Waals surface area contributed by atoms with Gasteiger partial charge in [0.05, 0.1) is 27.5 Å². The van der Waals surface area contributed by atoms with E-state index in [0.717, 1.165) is 26.5 Å². The Labute approximate surface area is 183 Å². The normalized spacial score (nSPS) is 12.0. The van der Waals surface area contributed by atoms with Gasteiger partial charge in [-0.15, -0.1) is 11.3 Å². The third kappa shape index (κ3) is 4.49. The highest BCUT2D eigenvalue weighted by molar-refractivity contribution is 7.18. The van der Waals surface area contributed by atoms with E-state index in [1.807, 2.05) is 56.3 Å². The van der Waals surface area contributed by atoms with Crippen molar-refractivity contribution in [3.8, 4) is 17.0 Å². The van der Waals surface area contributed by atoms with Crippen LogP contribution >= 0.6 is 11.3 Å². The number of nitrogens with one attached hydrogen (secondary N) is 1. The molecule has 2 aromatic carbocycles. The minimum absolute atomic E-state index is 0.329. The van der Waals surface area contributed by atoms with E-state index in [9.17, 15) is 9.59 Å². The zero-order valence-electron chi connectivity index (χ0n) is 17.5. The van der Waals surface area contributed by atoms with E-state index in [4.69, 9.17) is 4.74 Å². The summed E-state index contributed by atoms with van der Waals surface area (Å²) in [5, 5.41) is 8.25. The molecule has 2 heterocycles. The van der Waals surface area contributed by atoms with Crippen LogP contribution in [0.4, 0.5) is 5.69 Å². The van der Waals surface area contributed by atoms with Crippen molar-refractivity contribution < 1.29 is 9.53 Å². The molecule has 7 nitrogen and oxygen atoms in total. The second-order valence-electron chi connectivity index (χ2n) is 7.04. The van der Waals surface area contributed by atoms with Crippen LogP contribution in [0.3, 0.4) is 0 Å². The van der Waals surface area contributed by atoms with E-state index in [2.05, 4.69) is 15.4 Å². The molecule has 0 aliphatic heterocycles. The molecule has 4 rings (SSSR count). The Morgan fingerprint density at radius 2 is 1.94 bits per heavy atom. The highest BCUT2D eigenvalue weighted by atomic mass is 32.1. The zero-order chi connectivity index (χ0) is 22.0. The fourth-order valence-electron chi connectivity index (χ4n) is 3.22. The number of amides is 1. The van der Waals surface area contributed by atoms with Gasteiger partial charge in [-0.1, -0.05) is 0 Å². The predicted octanol–water partition coefficient (Wildman–Crippen LogP) is 4.43. The molecule has 2 aromatic heterocycles. The van der Waals surface area contributed by atoms with E-state index in [1.165, 1.54) is 10.7 Å². The molecule has 0 spiro atoms. The van der Waals surface area contributed by atoms with Gasteiger partial charge in [-0.05, 0) is 69.3 Å². The molecule has 0 radical (unpaired) electrons. The minimum Gasteiger partial charge on any atom is -0.494 e. The average Bonchev–Trinajstić information content (AvgIpc) is 3.13.